The normalized spacial score (nSPS) is 12.7. The summed E-state index contributed by atoms with van der Waals surface area (Å²) in [5.74, 6) is -0.980. The molecule has 2 aromatic carbocycles. The van der Waals surface area contributed by atoms with Gasteiger partial charge < -0.3 is 5.11 Å². The van der Waals surface area contributed by atoms with E-state index in [-0.39, 0.29) is 16.5 Å². The molecular weight excluding hydrogens is 354 g/mol. The molecule has 8 heteroatoms. The van der Waals surface area contributed by atoms with Crippen molar-refractivity contribution in [3.05, 3.63) is 65.9 Å². The van der Waals surface area contributed by atoms with Gasteiger partial charge >= 0.3 is 5.97 Å². The van der Waals surface area contributed by atoms with Gasteiger partial charge in [-0.05, 0) is 36.8 Å². The molecule has 1 N–H and O–H groups in total. The fraction of sp³-hybridized carbons (Fsp3) is 0.167. The molecule has 1 atom stereocenters. The summed E-state index contributed by atoms with van der Waals surface area (Å²) in [6.07, 6.45) is 2.94. The number of nitrogens with zero attached hydrogens (tertiary/aromatic N) is 3. The van der Waals surface area contributed by atoms with Crippen LogP contribution in [0.4, 0.5) is 0 Å². The average Bonchev–Trinajstić information content (AvgIpc) is 3.10. The van der Waals surface area contributed by atoms with Crippen molar-refractivity contribution >= 4 is 15.8 Å². The maximum Gasteiger partial charge on any atom is 0.335 e. The third-order valence-corrected chi connectivity index (χ3v) is 5.25. The molecule has 7 nitrogen and oxygen atoms in total. The van der Waals surface area contributed by atoms with E-state index in [4.69, 9.17) is 5.11 Å². The van der Waals surface area contributed by atoms with E-state index in [9.17, 15) is 13.2 Å². The minimum atomic E-state index is -3.23. The lowest BCUT2D eigenvalue weighted by atomic mass is 10.1. The van der Waals surface area contributed by atoms with E-state index < -0.39 is 15.8 Å². The fourth-order valence-corrected chi connectivity index (χ4v) is 3.16. The third kappa shape index (κ3) is 3.65. The van der Waals surface area contributed by atoms with Crippen LogP contribution in [0.5, 0.6) is 0 Å². The van der Waals surface area contributed by atoms with E-state index in [1.807, 2.05) is 6.92 Å². The lowest BCUT2D eigenvalue weighted by Crippen LogP contribution is -2.08. The zero-order valence-electron chi connectivity index (χ0n) is 14.2. The molecule has 0 amide bonds. The second-order valence-electron chi connectivity index (χ2n) is 5.98. The summed E-state index contributed by atoms with van der Waals surface area (Å²) in [6, 6.07) is 12.9. The smallest absolute Gasteiger partial charge is 0.335 e. The Hall–Kier alpha value is -3.00. The van der Waals surface area contributed by atoms with E-state index in [0.29, 0.717) is 5.69 Å². The highest BCUT2D eigenvalue weighted by molar-refractivity contribution is 7.90. The Morgan fingerprint density at radius 2 is 1.69 bits per heavy atom. The largest absolute Gasteiger partial charge is 0.478 e. The van der Waals surface area contributed by atoms with Crippen molar-refractivity contribution in [3.63, 3.8) is 0 Å². The number of hydrogen-bond acceptors (Lipinski definition) is 5. The summed E-state index contributed by atoms with van der Waals surface area (Å²) in [5, 5.41) is 17.2. The Balaban J connectivity index is 1.83. The number of benzene rings is 2. The van der Waals surface area contributed by atoms with E-state index in [1.165, 1.54) is 18.4 Å². The van der Waals surface area contributed by atoms with Crippen LogP contribution in [-0.4, -0.2) is 40.7 Å². The molecule has 134 valence electrons. The molecule has 0 radical (unpaired) electrons. The lowest BCUT2D eigenvalue weighted by molar-refractivity contribution is 0.0697. The highest BCUT2D eigenvalue weighted by Gasteiger charge is 2.14. The number of aromatic nitrogens is 3. The highest BCUT2D eigenvalue weighted by atomic mass is 32.2. The standard InChI is InChI=1S/C18H17N3O4S/c1-12(13-7-9-16(10-8-13)26(2,24)25)21-11-17(19-20-21)14-3-5-15(6-4-14)18(22)23/h3-12H,1-2H3,(H,22,23)/t12-/m1/s1. The number of carbonyl (C=O) groups is 1. The zero-order chi connectivity index (χ0) is 18.9. The third-order valence-electron chi connectivity index (χ3n) is 4.13. The van der Waals surface area contributed by atoms with Gasteiger partial charge in [-0.15, -0.1) is 5.10 Å². The summed E-state index contributed by atoms with van der Waals surface area (Å²) in [7, 11) is -3.23. The highest BCUT2D eigenvalue weighted by Crippen LogP contribution is 2.22. The van der Waals surface area contributed by atoms with E-state index in [1.54, 1.807) is 47.3 Å². The number of sulfone groups is 1. The molecule has 0 bridgehead atoms. The van der Waals surface area contributed by atoms with Crippen LogP contribution in [0.15, 0.2) is 59.6 Å². The predicted octanol–water partition coefficient (Wildman–Crippen LogP) is 2.66. The number of carboxylic acids is 1. The van der Waals surface area contributed by atoms with Crippen molar-refractivity contribution in [3.8, 4) is 11.3 Å². The molecular formula is C18H17N3O4S. The van der Waals surface area contributed by atoms with Crippen molar-refractivity contribution in [2.45, 2.75) is 17.9 Å². The maximum atomic E-state index is 11.5. The topological polar surface area (TPSA) is 102 Å². The van der Waals surface area contributed by atoms with Crippen LogP contribution in [0, 0.1) is 0 Å². The molecule has 1 aromatic heterocycles. The molecule has 0 aliphatic rings. The summed E-state index contributed by atoms with van der Waals surface area (Å²) in [5.41, 5.74) is 2.50. The minimum absolute atomic E-state index is 0.136. The Bertz CT molecular complexity index is 1040. The van der Waals surface area contributed by atoms with Gasteiger partial charge in [-0.25, -0.2) is 17.9 Å². The first-order valence-electron chi connectivity index (χ1n) is 7.81. The van der Waals surface area contributed by atoms with Crippen molar-refractivity contribution in [2.24, 2.45) is 0 Å². The van der Waals surface area contributed by atoms with E-state index in [0.717, 1.165) is 11.1 Å². The summed E-state index contributed by atoms with van der Waals surface area (Å²) in [4.78, 5) is 11.2. The molecule has 0 saturated carbocycles. The SMILES string of the molecule is C[C@H](c1ccc(S(C)(=O)=O)cc1)n1cc(-c2ccc(C(=O)O)cc2)nn1. The molecule has 0 fully saturated rings. The Morgan fingerprint density at radius 1 is 1.08 bits per heavy atom. The van der Waals surface area contributed by atoms with Gasteiger partial charge in [0.05, 0.1) is 22.7 Å². The number of hydrogen-bond donors (Lipinski definition) is 1. The minimum Gasteiger partial charge on any atom is -0.478 e. The molecule has 3 rings (SSSR count). The quantitative estimate of drug-likeness (QED) is 0.740. The van der Waals surface area contributed by atoms with Gasteiger partial charge in [-0.3, -0.25) is 0 Å². The number of rotatable bonds is 5. The zero-order valence-corrected chi connectivity index (χ0v) is 15.0. The Morgan fingerprint density at radius 3 is 2.23 bits per heavy atom. The Kier molecular flexibility index (Phi) is 4.60. The first kappa shape index (κ1) is 17.8. The first-order valence-corrected chi connectivity index (χ1v) is 9.70. The van der Waals surface area contributed by atoms with Crippen molar-refractivity contribution in [1.29, 1.82) is 0 Å². The Labute approximate surface area is 150 Å². The summed E-state index contributed by atoms with van der Waals surface area (Å²) >= 11 is 0. The first-order chi connectivity index (χ1) is 12.3. The van der Waals surface area contributed by atoms with Crippen molar-refractivity contribution in [1.82, 2.24) is 15.0 Å². The summed E-state index contributed by atoms with van der Waals surface area (Å²) in [6.45, 7) is 1.93. The number of carboxylic acid groups (broad SMARTS) is 1. The van der Waals surface area contributed by atoms with Crippen LogP contribution in [0.3, 0.4) is 0 Å². The predicted molar refractivity (Wildman–Crippen MR) is 95.8 cm³/mol. The van der Waals surface area contributed by atoms with Gasteiger partial charge in [-0.1, -0.05) is 29.5 Å². The van der Waals surface area contributed by atoms with Gasteiger partial charge in [0.15, 0.2) is 9.84 Å². The van der Waals surface area contributed by atoms with Crippen LogP contribution >= 0.6 is 0 Å². The monoisotopic (exact) mass is 371 g/mol. The van der Waals surface area contributed by atoms with E-state index >= 15 is 0 Å². The van der Waals surface area contributed by atoms with Crippen LogP contribution in [0.1, 0.15) is 28.9 Å². The molecule has 0 aliphatic heterocycles. The van der Waals surface area contributed by atoms with Crippen LogP contribution < -0.4 is 0 Å². The molecule has 26 heavy (non-hydrogen) atoms. The van der Waals surface area contributed by atoms with Crippen molar-refractivity contribution < 1.29 is 18.3 Å². The fourth-order valence-electron chi connectivity index (χ4n) is 2.53. The van der Waals surface area contributed by atoms with Crippen LogP contribution in [-0.2, 0) is 9.84 Å². The van der Waals surface area contributed by atoms with Gasteiger partial charge in [0.25, 0.3) is 0 Å². The number of aromatic carboxylic acids is 1. The van der Waals surface area contributed by atoms with Crippen LogP contribution in [0.25, 0.3) is 11.3 Å². The van der Waals surface area contributed by atoms with Gasteiger partial charge in [0.1, 0.15) is 5.69 Å². The van der Waals surface area contributed by atoms with Gasteiger partial charge in [0.2, 0.25) is 0 Å². The van der Waals surface area contributed by atoms with E-state index in [2.05, 4.69) is 10.3 Å². The summed E-state index contributed by atoms with van der Waals surface area (Å²) < 4.78 is 24.8. The maximum absolute atomic E-state index is 11.5. The average molecular weight is 371 g/mol. The molecule has 0 spiro atoms. The van der Waals surface area contributed by atoms with Gasteiger partial charge in [0, 0.05) is 11.8 Å². The molecule has 0 saturated heterocycles. The van der Waals surface area contributed by atoms with Gasteiger partial charge in [-0.2, -0.15) is 0 Å². The molecule has 3 aromatic rings. The second-order valence-corrected chi connectivity index (χ2v) is 8.00. The lowest BCUT2D eigenvalue weighted by Gasteiger charge is -2.12. The molecule has 1 heterocycles. The van der Waals surface area contributed by atoms with Crippen LogP contribution in [0.2, 0.25) is 0 Å². The molecule has 0 unspecified atom stereocenters. The molecule has 0 aliphatic carbocycles. The van der Waals surface area contributed by atoms with Crippen molar-refractivity contribution in [2.75, 3.05) is 6.26 Å². The second kappa shape index (κ2) is 6.72.